The summed E-state index contributed by atoms with van der Waals surface area (Å²) in [6, 6.07) is 27.7. The molecule has 0 fully saturated rings. The molecule has 10 rings (SSSR count). The molecule has 2 unspecified atom stereocenters. The molecular formula is C70H85N7O14Si2. The highest BCUT2D eigenvalue weighted by Crippen LogP contribution is 2.46. The lowest BCUT2D eigenvalue weighted by Crippen LogP contribution is -2.53. The molecule has 0 saturated heterocycles. The Bertz CT molecular complexity index is 3690. The van der Waals surface area contributed by atoms with Gasteiger partial charge in [0.15, 0.2) is 23.0 Å². The lowest BCUT2D eigenvalue weighted by atomic mass is 9.98. The highest BCUT2D eigenvalue weighted by Gasteiger charge is 2.45. The molecule has 4 aliphatic heterocycles. The number of amides is 7. The van der Waals surface area contributed by atoms with Crippen molar-refractivity contribution in [2.75, 3.05) is 75.8 Å². The van der Waals surface area contributed by atoms with E-state index in [0.29, 0.717) is 65.8 Å². The standard InChI is InChI=1S/C70H85N7O14Si2/c1-43(2)63(73-70(84)91-40-54-50-20-14-12-18-48(50)49-19-13-15-21-51(49)54)65(79)71-44(3)64(78)72-47-25-23-45(24-26-47)46-34-58-69(83)77(42-88-31-33-93(9,10)11)57-38-62(60(86-5)36-53(57)67(81)75(58)39-46)90-29-17-28-89-61-37-56-52(35-59(61)85-4)66(80)74-27-16-22-55(74)68(82)76(56)41-87-30-32-92(6,7)8/h12-16,18-21,23-27,35-39,43-44,54-55,58,63H,17,22,28-34,40-42H2,1-11H3,(H,71,79)(H,72,78)(H,73,84)/t44-,55?,58?,63-/m0/s1. The molecule has 492 valence electrons. The minimum atomic E-state index is -1.53. The van der Waals surface area contributed by atoms with E-state index in [-0.39, 0.29) is 91.9 Å². The van der Waals surface area contributed by atoms with Gasteiger partial charge >= 0.3 is 6.09 Å². The first-order valence-corrected chi connectivity index (χ1v) is 39.2. The number of ether oxygens (including phenoxy) is 7. The summed E-state index contributed by atoms with van der Waals surface area (Å²) in [4.78, 5) is 104. The number of nitrogens with zero attached hydrogens (tertiary/aromatic N) is 4. The average molecular weight is 1300 g/mol. The van der Waals surface area contributed by atoms with Gasteiger partial charge in [0.1, 0.15) is 44.2 Å². The van der Waals surface area contributed by atoms with Crippen molar-refractivity contribution in [1.82, 2.24) is 20.4 Å². The molecule has 0 radical (unpaired) electrons. The molecule has 5 aromatic carbocycles. The molecule has 5 aliphatic rings. The van der Waals surface area contributed by atoms with Crippen LogP contribution >= 0.6 is 0 Å². The third kappa shape index (κ3) is 15.2. The lowest BCUT2D eigenvalue weighted by molar-refractivity contribution is -0.128. The number of hydrogen-bond acceptors (Lipinski definition) is 14. The molecule has 3 N–H and O–H groups in total. The normalized spacial score (nSPS) is 17.3. The van der Waals surface area contributed by atoms with E-state index < -0.39 is 64.1 Å². The Kier molecular flexibility index (Phi) is 20.7. The van der Waals surface area contributed by atoms with Crippen LogP contribution in [0.4, 0.5) is 21.9 Å². The summed E-state index contributed by atoms with van der Waals surface area (Å²) in [5.74, 6) is -1.73. The second kappa shape index (κ2) is 28.6. The number of carbonyl (C=O) groups excluding carboxylic acids is 7. The van der Waals surface area contributed by atoms with E-state index in [2.05, 4.69) is 67.4 Å². The number of methoxy groups -OCH3 is 2. The van der Waals surface area contributed by atoms with Crippen molar-refractivity contribution in [3.8, 4) is 34.1 Å². The zero-order chi connectivity index (χ0) is 66.5. The van der Waals surface area contributed by atoms with Gasteiger partial charge in [0, 0.05) is 78.3 Å². The van der Waals surface area contributed by atoms with E-state index in [1.165, 1.54) is 33.8 Å². The molecule has 0 saturated carbocycles. The Morgan fingerprint density at radius 2 is 1.13 bits per heavy atom. The fourth-order valence-corrected chi connectivity index (χ4v) is 13.4. The molecule has 4 heterocycles. The fraction of sp³-hybridized carbons (Fsp3) is 0.414. The average Bonchev–Trinajstić information content (AvgIpc) is 1.65. The van der Waals surface area contributed by atoms with Crippen LogP contribution in [0.25, 0.3) is 16.7 Å². The van der Waals surface area contributed by atoms with Crippen LogP contribution in [-0.2, 0) is 33.4 Å². The molecule has 21 nitrogen and oxygen atoms in total. The first kappa shape index (κ1) is 67.1. The summed E-state index contributed by atoms with van der Waals surface area (Å²) >= 11 is 0. The van der Waals surface area contributed by atoms with Gasteiger partial charge in [0.05, 0.1) is 49.9 Å². The van der Waals surface area contributed by atoms with E-state index in [0.717, 1.165) is 34.3 Å². The number of rotatable bonds is 27. The molecule has 0 bridgehead atoms. The maximum Gasteiger partial charge on any atom is 0.407 e. The van der Waals surface area contributed by atoms with Crippen molar-refractivity contribution in [2.45, 2.75) is 121 Å². The van der Waals surface area contributed by atoms with Crippen LogP contribution in [0.15, 0.2) is 116 Å². The number of alkyl carbamates (subject to hydrolysis) is 1. The summed E-state index contributed by atoms with van der Waals surface area (Å²) in [6.45, 7) is 19.7. The van der Waals surface area contributed by atoms with Gasteiger partial charge in [-0.2, -0.15) is 0 Å². The van der Waals surface area contributed by atoms with Crippen LogP contribution < -0.4 is 44.7 Å². The lowest BCUT2D eigenvalue weighted by Gasteiger charge is -2.27. The highest BCUT2D eigenvalue weighted by molar-refractivity contribution is 6.76. The Balaban J connectivity index is 0.780. The topological polar surface area (TPSA) is 233 Å². The predicted molar refractivity (Wildman–Crippen MR) is 360 cm³/mol. The quantitative estimate of drug-likeness (QED) is 0.0328. The summed E-state index contributed by atoms with van der Waals surface area (Å²) in [6.07, 6.45) is 5.33. The number of carbonyl (C=O) groups is 7. The molecule has 4 atom stereocenters. The first-order chi connectivity index (χ1) is 44.4. The minimum Gasteiger partial charge on any atom is -0.493 e. The van der Waals surface area contributed by atoms with Crippen LogP contribution in [0, 0.1) is 5.92 Å². The number of hydrogen-bond donors (Lipinski definition) is 3. The van der Waals surface area contributed by atoms with Gasteiger partial charge in [0.2, 0.25) is 11.8 Å². The summed E-state index contributed by atoms with van der Waals surface area (Å²) in [7, 11) is -0.00177. The highest BCUT2D eigenvalue weighted by atomic mass is 28.3. The molecule has 0 spiro atoms. The Morgan fingerprint density at radius 1 is 0.602 bits per heavy atom. The van der Waals surface area contributed by atoms with Crippen molar-refractivity contribution in [2.24, 2.45) is 5.92 Å². The van der Waals surface area contributed by atoms with Crippen LogP contribution in [-0.4, -0.2) is 152 Å². The van der Waals surface area contributed by atoms with E-state index in [1.807, 2.05) is 42.5 Å². The SMILES string of the molecule is COc1cc2c(cc1OCCCOc1cc3c(cc1OC)C(=O)N1C=C(c4ccc(NC(=O)[C@H](C)NC(=O)[C@@H](NC(=O)OCC5c6ccccc6-c6ccccc65)C(C)C)cc4)CC1C(=O)N3COCC[Si](C)(C)C)N(COCC[Si](C)(C)C)C(=O)C1CC=CN1C2=O. The molecule has 1 aliphatic carbocycles. The Hall–Kier alpha value is -8.78. The van der Waals surface area contributed by atoms with E-state index in [4.69, 9.17) is 33.2 Å². The van der Waals surface area contributed by atoms with Gasteiger partial charge in [-0.15, -0.1) is 0 Å². The molecule has 7 amide bonds. The number of benzene rings is 5. The zero-order valence-electron chi connectivity index (χ0n) is 54.9. The number of fused-ring (bicyclic) bond motifs is 7. The third-order valence-corrected chi connectivity index (χ3v) is 20.7. The van der Waals surface area contributed by atoms with Gasteiger partial charge in [-0.05, 0) is 89.0 Å². The molecule has 0 aromatic heterocycles. The van der Waals surface area contributed by atoms with Gasteiger partial charge in [-0.3, -0.25) is 38.6 Å². The maximum absolute atomic E-state index is 14.9. The number of anilines is 3. The van der Waals surface area contributed by atoms with Crippen LogP contribution in [0.5, 0.6) is 23.0 Å². The largest absolute Gasteiger partial charge is 0.493 e. The van der Waals surface area contributed by atoms with E-state index >= 15 is 0 Å². The fourth-order valence-electron chi connectivity index (χ4n) is 11.9. The number of nitrogens with one attached hydrogen (secondary N) is 3. The van der Waals surface area contributed by atoms with Gasteiger partial charge < -0.3 is 58.9 Å². The third-order valence-electron chi connectivity index (χ3n) is 17.3. The van der Waals surface area contributed by atoms with Crippen LogP contribution in [0.3, 0.4) is 0 Å². The summed E-state index contributed by atoms with van der Waals surface area (Å²) < 4.78 is 42.3. The van der Waals surface area contributed by atoms with Crippen molar-refractivity contribution < 1.29 is 66.7 Å². The molecule has 23 heteroatoms. The molecule has 5 aromatic rings. The smallest absolute Gasteiger partial charge is 0.407 e. The van der Waals surface area contributed by atoms with Crippen molar-refractivity contribution in [1.29, 1.82) is 0 Å². The van der Waals surface area contributed by atoms with E-state index in [1.54, 1.807) is 81.7 Å². The molecular weight excluding hydrogens is 1220 g/mol. The van der Waals surface area contributed by atoms with Gasteiger partial charge in [0.25, 0.3) is 23.6 Å². The second-order valence-corrected chi connectivity index (χ2v) is 38.0. The first-order valence-electron chi connectivity index (χ1n) is 31.8. The Morgan fingerprint density at radius 3 is 1.66 bits per heavy atom. The summed E-state index contributed by atoms with van der Waals surface area (Å²) in [5.41, 5.74) is 7.35. The van der Waals surface area contributed by atoms with Gasteiger partial charge in [-0.1, -0.05) is 120 Å². The predicted octanol–water partition coefficient (Wildman–Crippen LogP) is 10.9. The van der Waals surface area contributed by atoms with Crippen molar-refractivity contribution in [3.05, 3.63) is 143 Å². The van der Waals surface area contributed by atoms with E-state index in [9.17, 15) is 33.6 Å². The van der Waals surface area contributed by atoms with Crippen molar-refractivity contribution >= 4 is 80.3 Å². The maximum atomic E-state index is 14.9. The van der Waals surface area contributed by atoms with Crippen LogP contribution in [0.2, 0.25) is 51.4 Å². The zero-order valence-corrected chi connectivity index (χ0v) is 56.9. The second-order valence-electron chi connectivity index (χ2n) is 26.7. The Labute approximate surface area is 545 Å². The van der Waals surface area contributed by atoms with Gasteiger partial charge in [-0.25, -0.2) is 4.79 Å². The van der Waals surface area contributed by atoms with Crippen LogP contribution in [0.1, 0.15) is 83.4 Å². The molecule has 93 heavy (non-hydrogen) atoms. The summed E-state index contributed by atoms with van der Waals surface area (Å²) in [5, 5.41) is 8.31. The van der Waals surface area contributed by atoms with Crippen molar-refractivity contribution in [3.63, 3.8) is 0 Å². The monoisotopic (exact) mass is 1300 g/mol. The minimum absolute atomic E-state index is 0.0334.